The van der Waals surface area contributed by atoms with Gasteiger partial charge >= 0.3 is 0 Å². The highest BCUT2D eigenvalue weighted by Gasteiger charge is 2.17. The first-order valence-electron chi connectivity index (χ1n) is 7.35. The van der Waals surface area contributed by atoms with Gasteiger partial charge in [-0.05, 0) is 25.0 Å². The van der Waals surface area contributed by atoms with Gasteiger partial charge in [-0.25, -0.2) is 9.20 Å². The summed E-state index contributed by atoms with van der Waals surface area (Å²) in [5, 5.41) is 11.4. The van der Waals surface area contributed by atoms with Crippen LogP contribution in [-0.2, 0) is 0 Å². The van der Waals surface area contributed by atoms with Gasteiger partial charge in [0, 0.05) is 12.3 Å². The van der Waals surface area contributed by atoms with Crippen LogP contribution in [0.15, 0.2) is 42.9 Å². The Hall–Kier alpha value is -2.63. The van der Waals surface area contributed by atoms with Gasteiger partial charge in [-0.2, -0.15) is 10.2 Å². The fourth-order valence-electron chi connectivity index (χ4n) is 2.31. The molecule has 6 heteroatoms. The Morgan fingerprint density at radius 2 is 2.00 bits per heavy atom. The maximum atomic E-state index is 12.5. The Morgan fingerprint density at radius 3 is 2.77 bits per heavy atom. The van der Waals surface area contributed by atoms with Gasteiger partial charge in [0.1, 0.15) is 5.82 Å². The van der Waals surface area contributed by atoms with Crippen LogP contribution in [-0.4, -0.2) is 25.3 Å². The topological polar surface area (TPSA) is 64.2 Å². The van der Waals surface area contributed by atoms with Crippen molar-refractivity contribution in [1.29, 1.82) is 0 Å². The summed E-state index contributed by atoms with van der Waals surface area (Å²) in [6.07, 6.45) is 5.10. The van der Waals surface area contributed by atoms with E-state index in [2.05, 4.69) is 36.3 Å². The molecule has 3 aromatic heterocycles. The molecule has 0 fully saturated rings. The Bertz CT molecular complexity index is 802. The third-order valence-corrected chi connectivity index (χ3v) is 3.93. The number of nitrogens with one attached hydrogen (secondary N) is 1. The zero-order chi connectivity index (χ0) is 15.7. The van der Waals surface area contributed by atoms with E-state index in [0.717, 1.165) is 5.52 Å². The Morgan fingerprint density at radius 1 is 1.18 bits per heavy atom. The molecule has 1 N–H and O–H groups in total. The summed E-state index contributed by atoms with van der Waals surface area (Å²) in [5.74, 6) is 0.938. The molecule has 6 nitrogen and oxygen atoms in total. The SMILES string of the molecule is CC(C)C(C)n1nccc1NC(=O)c1cnn2ccccc12. The predicted octanol–water partition coefficient (Wildman–Crippen LogP) is 3.00. The number of nitrogens with zero attached hydrogens (tertiary/aromatic N) is 4. The highest BCUT2D eigenvalue weighted by molar-refractivity contribution is 6.08. The summed E-state index contributed by atoms with van der Waals surface area (Å²) in [4.78, 5) is 12.5. The minimum absolute atomic E-state index is 0.182. The summed E-state index contributed by atoms with van der Waals surface area (Å²) in [7, 11) is 0. The highest BCUT2D eigenvalue weighted by atomic mass is 16.1. The number of fused-ring (bicyclic) bond motifs is 1. The molecule has 0 aliphatic carbocycles. The van der Waals surface area contributed by atoms with E-state index in [1.54, 1.807) is 16.9 Å². The Balaban J connectivity index is 1.88. The summed E-state index contributed by atoms with van der Waals surface area (Å²) in [6.45, 7) is 6.34. The molecular formula is C16H19N5O. The van der Waals surface area contributed by atoms with Crippen LogP contribution in [0, 0.1) is 5.92 Å². The van der Waals surface area contributed by atoms with Crippen molar-refractivity contribution < 1.29 is 4.79 Å². The molecule has 0 aromatic carbocycles. The lowest BCUT2D eigenvalue weighted by Gasteiger charge is -2.19. The van der Waals surface area contributed by atoms with Crippen LogP contribution in [0.3, 0.4) is 0 Å². The molecule has 1 unspecified atom stereocenters. The molecular weight excluding hydrogens is 278 g/mol. The number of carbonyl (C=O) groups is 1. The van der Waals surface area contributed by atoms with Crippen molar-refractivity contribution in [3.63, 3.8) is 0 Å². The normalized spacial score (nSPS) is 12.7. The van der Waals surface area contributed by atoms with Gasteiger partial charge in [0.2, 0.25) is 0 Å². The van der Waals surface area contributed by atoms with Crippen molar-refractivity contribution in [2.45, 2.75) is 26.8 Å². The quantitative estimate of drug-likeness (QED) is 0.805. The van der Waals surface area contributed by atoms with Crippen molar-refractivity contribution in [3.05, 3.63) is 48.4 Å². The van der Waals surface area contributed by atoms with Crippen LogP contribution in [0.2, 0.25) is 0 Å². The van der Waals surface area contributed by atoms with Crippen LogP contribution < -0.4 is 5.32 Å². The standard InChI is InChI=1S/C16H19N5O/c1-11(2)12(3)21-15(7-8-17-21)19-16(22)13-10-18-20-9-5-4-6-14(13)20/h4-12H,1-3H3,(H,19,22). The third kappa shape index (κ3) is 2.47. The number of carbonyl (C=O) groups excluding carboxylic acids is 1. The van der Waals surface area contributed by atoms with E-state index < -0.39 is 0 Å². The summed E-state index contributed by atoms with van der Waals surface area (Å²) >= 11 is 0. The summed E-state index contributed by atoms with van der Waals surface area (Å²) in [6, 6.07) is 7.65. The molecule has 0 saturated carbocycles. The molecule has 3 aromatic rings. The van der Waals surface area contributed by atoms with E-state index in [4.69, 9.17) is 0 Å². The largest absolute Gasteiger partial charge is 0.307 e. The molecule has 1 amide bonds. The molecule has 3 rings (SSSR count). The molecule has 0 radical (unpaired) electrons. The van der Waals surface area contributed by atoms with Crippen molar-refractivity contribution in [2.24, 2.45) is 5.92 Å². The average molecular weight is 297 g/mol. The van der Waals surface area contributed by atoms with Crippen molar-refractivity contribution in [3.8, 4) is 0 Å². The lowest BCUT2D eigenvalue weighted by Crippen LogP contribution is -2.19. The summed E-state index contributed by atoms with van der Waals surface area (Å²) in [5.41, 5.74) is 1.33. The van der Waals surface area contributed by atoms with Crippen LogP contribution in [0.25, 0.3) is 5.52 Å². The van der Waals surface area contributed by atoms with Gasteiger partial charge in [0.25, 0.3) is 5.91 Å². The molecule has 0 aliphatic heterocycles. The predicted molar refractivity (Wildman–Crippen MR) is 84.9 cm³/mol. The van der Waals surface area contributed by atoms with Gasteiger partial charge in [-0.3, -0.25) is 4.79 Å². The van der Waals surface area contributed by atoms with Crippen LogP contribution in [0.4, 0.5) is 5.82 Å². The first kappa shape index (κ1) is 14.3. The Labute approximate surface area is 128 Å². The number of amides is 1. The lowest BCUT2D eigenvalue weighted by molar-refractivity contribution is 0.102. The number of pyridine rings is 1. The van der Waals surface area contributed by atoms with E-state index in [1.807, 2.05) is 35.1 Å². The zero-order valence-corrected chi connectivity index (χ0v) is 12.9. The van der Waals surface area contributed by atoms with E-state index in [-0.39, 0.29) is 11.9 Å². The lowest BCUT2D eigenvalue weighted by atomic mass is 10.1. The average Bonchev–Trinajstić information content (AvgIpc) is 3.12. The maximum absolute atomic E-state index is 12.5. The van der Waals surface area contributed by atoms with Gasteiger partial charge < -0.3 is 5.32 Å². The fourth-order valence-corrected chi connectivity index (χ4v) is 2.31. The summed E-state index contributed by atoms with van der Waals surface area (Å²) < 4.78 is 3.53. The molecule has 22 heavy (non-hydrogen) atoms. The van der Waals surface area contributed by atoms with Crippen molar-refractivity contribution in [1.82, 2.24) is 19.4 Å². The number of aromatic nitrogens is 4. The number of hydrogen-bond donors (Lipinski definition) is 1. The number of rotatable bonds is 4. The molecule has 0 spiro atoms. The number of hydrogen-bond acceptors (Lipinski definition) is 3. The first-order chi connectivity index (χ1) is 10.6. The van der Waals surface area contributed by atoms with Crippen molar-refractivity contribution >= 4 is 17.2 Å². The molecule has 3 heterocycles. The smallest absolute Gasteiger partial charge is 0.260 e. The molecule has 0 aliphatic rings. The molecule has 0 bridgehead atoms. The minimum atomic E-state index is -0.182. The van der Waals surface area contributed by atoms with Gasteiger partial charge in [-0.1, -0.05) is 19.9 Å². The molecule has 114 valence electrons. The van der Waals surface area contributed by atoms with Gasteiger partial charge in [0.15, 0.2) is 0 Å². The molecule has 0 saturated heterocycles. The zero-order valence-electron chi connectivity index (χ0n) is 12.9. The third-order valence-electron chi connectivity index (χ3n) is 3.93. The second-order valence-corrected chi connectivity index (χ2v) is 5.69. The second kappa shape index (κ2) is 5.63. The molecule has 1 atom stereocenters. The van der Waals surface area contributed by atoms with E-state index in [1.165, 1.54) is 0 Å². The van der Waals surface area contributed by atoms with Crippen molar-refractivity contribution in [2.75, 3.05) is 5.32 Å². The maximum Gasteiger partial charge on any atom is 0.260 e. The second-order valence-electron chi connectivity index (χ2n) is 5.69. The van der Waals surface area contributed by atoms with Crippen LogP contribution in [0.1, 0.15) is 37.2 Å². The Kier molecular flexibility index (Phi) is 3.66. The highest BCUT2D eigenvalue weighted by Crippen LogP contribution is 2.21. The van der Waals surface area contributed by atoms with E-state index in [9.17, 15) is 4.79 Å². The van der Waals surface area contributed by atoms with Gasteiger partial charge in [0.05, 0.1) is 29.5 Å². The fraction of sp³-hybridized carbons (Fsp3) is 0.312. The van der Waals surface area contributed by atoms with E-state index in [0.29, 0.717) is 17.3 Å². The van der Waals surface area contributed by atoms with Crippen LogP contribution >= 0.6 is 0 Å². The monoisotopic (exact) mass is 297 g/mol. The van der Waals surface area contributed by atoms with Gasteiger partial charge in [-0.15, -0.1) is 0 Å². The van der Waals surface area contributed by atoms with Crippen LogP contribution in [0.5, 0.6) is 0 Å². The number of anilines is 1. The minimum Gasteiger partial charge on any atom is -0.307 e. The van der Waals surface area contributed by atoms with E-state index >= 15 is 0 Å². The first-order valence-corrected chi connectivity index (χ1v) is 7.35.